The molecule has 0 unspecified atom stereocenters. The summed E-state index contributed by atoms with van der Waals surface area (Å²) in [5, 5.41) is 13.1. The van der Waals surface area contributed by atoms with Crippen molar-refractivity contribution in [3.8, 4) is 0 Å². The van der Waals surface area contributed by atoms with Crippen molar-refractivity contribution in [3.05, 3.63) is 70.0 Å². The summed E-state index contributed by atoms with van der Waals surface area (Å²) in [6, 6.07) is 13.8. The quantitative estimate of drug-likeness (QED) is 0.692. The van der Waals surface area contributed by atoms with Gasteiger partial charge < -0.3 is 15.4 Å². The Hall–Kier alpha value is -3.08. The minimum absolute atomic E-state index is 0.116. The van der Waals surface area contributed by atoms with Gasteiger partial charge in [0.2, 0.25) is 5.56 Å². The minimum Gasteiger partial charge on any atom is -0.478 e. The van der Waals surface area contributed by atoms with Gasteiger partial charge in [-0.1, -0.05) is 0 Å². The summed E-state index contributed by atoms with van der Waals surface area (Å²) in [7, 11) is 0. The summed E-state index contributed by atoms with van der Waals surface area (Å²) < 4.78 is 0. The molecule has 2 aromatic carbocycles. The molecule has 0 spiro atoms. The maximum Gasteiger partial charge on any atom is 0.335 e. The van der Waals surface area contributed by atoms with E-state index in [0.717, 1.165) is 27.8 Å². The van der Waals surface area contributed by atoms with Crippen molar-refractivity contribution in [2.75, 3.05) is 5.32 Å². The van der Waals surface area contributed by atoms with E-state index >= 15 is 0 Å². The fraction of sp³-hybridized carbons (Fsp3) is 0.0588. The number of aromatic carboxylic acids is 1. The predicted octanol–water partition coefficient (Wildman–Crippen LogP) is 3.28. The number of carboxylic acid groups (broad SMARTS) is 1. The first-order chi connectivity index (χ1) is 10.5. The Bertz CT molecular complexity index is 911. The lowest BCUT2D eigenvalue weighted by Gasteiger charge is -2.09. The first kappa shape index (κ1) is 13.9. The molecule has 0 atom stereocenters. The summed E-state index contributed by atoms with van der Waals surface area (Å²) in [5.74, 6) is -0.947. The molecule has 0 bridgehead atoms. The molecule has 0 saturated carbocycles. The van der Waals surface area contributed by atoms with Crippen molar-refractivity contribution in [2.45, 2.75) is 6.92 Å². The number of hydrogen-bond donors (Lipinski definition) is 3. The molecule has 0 fully saturated rings. The van der Waals surface area contributed by atoms with Crippen LogP contribution in [0.4, 0.5) is 11.4 Å². The van der Waals surface area contributed by atoms with Gasteiger partial charge in [-0.15, -0.1) is 0 Å². The molecule has 3 aromatic rings. The molecule has 110 valence electrons. The number of aromatic nitrogens is 1. The van der Waals surface area contributed by atoms with Crippen molar-refractivity contribution in [1.29, 1.82) is 0 Å². The number of aryl methyl sites for hydroxylation is 1. The van der Waals surface area contributed by atoms with Crippen molar-refractivity contribution < 1.29 is 9.90 Å². The molecular weight excluding hydrogens is 280 g/mol. The third-order valence-corrected chi connectivity index (χ3v) is 3.47. The minimum atomic E-state index is -0.947. The highest BCUT2D eigenvalue weighted by Crippen LogP contribution is 2.23. The van der Waals surface area contributed by atoms with Crippen molar-refractivity contribution in [2.24, 2.45) is 0 Å². The monoisotopic (exact) mass is 294 g/mol. The van der Waals surface area contributed by atoms with Gasteiger partial charge in [-0.05, 0) is 55.0 Å². The average molecular weight is 294 g/mol. The van der Waals surface area contributed by atoms with E-state index in [2.05, 4.69) is 10.3 Å². The van der Waals surface area contributed by atoms with Gasteiger partial charge in [-0.25, -0.2) is 4.79 Å². The second-order valence-corrected chi connectivity index (χ2v) is 5.08. The van der Waals surface area contributed by atoms with E-state index in [1.54, 1.807) is 30.3 Å². The molecule has 0 amide bonds. The van der Waals surface area contributed by atoms with Crippen LogP contribution in [0.15, 0.2) is 53.3 Å². The van der Waals surface area contributed by atoms with Crippen LogP contribution in [-0.4, -0.2) is 16.1 Å². The van der Waals surface area contributed by atoms with Crippen LogP contribution in [0.3, 0.4) is 0 Å². The largest absolute Gasteiger partial charge is 0.478 e. The van der Waals surface area contributed by atoms with E-state index in [4.69, 9.17) is 5.11 Å². The van der Waals surface area contributed by atoms with Gasteiger partial charge >= 0.3 is 5.97 Å². The highest BCUT2D eigenvalue weighted by molar-refractivity contribution is 5.88. The second kappa shape index (κ2) is 5.37. The molecule has 0 aliphatic heterocycles. The average Bonchev–Trinajstić information content (AvgIpc) is 2.48. The molecule has 3 rings (SSSR count). The van der Waals surface area contributed by atoms with E-state index in [1.807, 2.05) is 25.1 Å². The number of aromatic amines is 1. The molecule has 3 N–H and O–H groups in total. The number of nitrogens with one attached hydrogen (secondary N) is 2. The molecule has 0 aliphatic carbocycles. The number of fused-ring (bicyclic) bond motifs is 1. The molecule has 0 aliphatic rings. The Kier molecular flexibility index (Phi) is 3.39. The van der Waals surface area contributed by atoms with Crippen LogP contribution in [0.5, 0.6) is 0 Å². The number of anilines is 2. The molecule has 22 heavy (non-hydrogen) atoms. The van der Waals surface area contributed by atoms with Crippen LogP contribution in [0, 0.1) is 6.92 Å². The lowest BCUT2D eigenvalue weighted by atomic mass is 10.1. The van der Waals surface area contributed by atoms with Crippen LogP contribution >= 0.6 is 0 Å². The smallest absolute Gasteiger partial charge is 0.335 e. The Balaban J connectivity index is 1.93. The number of rotatable bonds is 3. The fourth-order valence-electron chi connectivity index (χ4n) is 2.36. The highest BCUT2D eigenvalue weighted by atomic mass is 16.4. The van der Waals surface area contributed by atoms with Crippen LogP contribution in [-0.2, 0) is 0 Å². The maximum absolute atomic E-state index is 11.4. The second-order valence-electron chi connectivity index (χ2n) is 5.08. The first-order valence-electron chi connectivity index (χ1n) is 6.77. The summed E-state index contributed by atoms with van der Waals surface area (Å²) in [4.78, 5) is 25.1. The van der Waals surface area contributed by atoms with Crippen LogP contribution in [0.1, 0.15) is 15.9 Å². The van der Waals surface area contributed by atoms with Gasteiger partial charge in [0.1, 0.15) is 0 Å². The molecule has 1 aromatic heterocycles. The van der Waals surface area contributed by atoms with Crippen LogP contribution in [0.2, 0.25) is 0 Å². The number of carbonyl (C=O) groups is 1. The number of benzene rings is 2. The zero-order valence-corrected chi connectivity index (χ0v) is 11.9. The molecular formula is C17H14N2O3. The van der Waals surface area contributed by atoms with Crippen molar-refractivity contribution in [3.63, 3.8) is 0 Å². The summed E-state index contributed by atoms with van der Waals surface area (Å²) in [5.41, 5.74) is 3.49. The Labute approximate surface area is 126 Å². The maximum atomic E-state index is 11.4. The van der Waals surface area contributed by atoms with E-state index in [9.17, 15) is 9.59 Å². The number of pyridine rings is 1. The van der Waals surface area contributed by atoms with Gasteiger partial charge in [-0.3, -0.25) is 4.79 Å². The van der Waals surface area contributed by atoms with Crippen molar-refractivity contribution >= 4 is 28.2 Å². The number of carboxylic acids is 1. The molecule has 1 heterocycles. The third-order valence-electron chi connectivity index (χ3n) is 3.47. The van der Waals surface area contributed by atoms with E-state index in [1.165, 1.54) is 0 Å². The van der Waals surface area contributed by atoms with Gasteiger partial charge in [0.05, 0.1) is 5.56 Å². The van der Waals surface area contributed by atoms with Gasteiger partial charge in [0.15, 0.2) is 0 Å². The zero-order chi connectivity index (χ0) is 15.7. The highest BCUT2D eigenvalue weighted by Gasteiger charge is 2.04. The van der Waals surface area contributed by atoms with Gasteiger partial charge in [0, 0.05) is 28.3 Å². The topological polar surface area (TPSA) is 82.2 Å². The summed E-state index contributed by atoms with van der Waals surface area (Å²) >= 11 is 0. The van der Waals surface area contributed by atoms with E-state index in [0.29, 0.717) is 0 Å². The van der Waals surface area contributed by atoms with E-state index in [-0.39, 0.29) is 11.1 Å². The van der Waals surface area contributed by atoms with Crippen LogP contribution in [0.25, 0.3) is 10.9 Å². The van der Waals surface area contributed by atoms with Gasteiger partial charge in [-0.2, -0.15) is 0 Å². The molecule has 0 saturated heterocycles. The first-order valence-corrected chi connectivity index (χ1v) is 6.77. The SMILES string of the molecule is Cc1cc(=O)[nH]c2ccc(Nc3ccc(C(=O)O)cc3)cc12. The normalized spacial score (nSPS) is 10.6. The van der Waals surface area contributed by atoms with Gasteiger partial charge in [0.25, 0.3) is 0 Å². The molecule has 0 radical (unpaired) electrons. The van der Waals surface area contributed by atoms with Crippen molar-refractivity contribution in [1.82, 2.24) is 4.98 Å². The number of hydrogen-bond acceptors (Lipinski definition) is 3. The lowest BCUT2D eigenvalue weighted by molar-refractivity contribution is 0.0697. The van der Waals surface area contributed by atoms with E-state index < -0.39 is 5.97 Å². The Morgan fingerprint density at radius 1 is 1.05 bits per heavy atom. The van der Waals surface area contributed by atoms with Crippen LogP contribution < -0.4 is 10.9 Å². The molecule has 5 heteroatoms. The Morgan fingerprint density at radius 3 is 2.41 bits per heavy atom. The number of H-pyrrole nitrogens is 1. The standard InChI is InChI=1S/C17H14N2O3/c1-10-8-16(20)19-15-7-6-13(9-14(10)15)18-12-4-2-11(3-5-12)17(21)22/h2-9,18H,1H3,(H,19,20)(H,21,22). The summed E-state index contributed by atoms with van der Waals surface area (Å²) in [6.07, 6.45) is 0. The Morgan fingerprint density at radius 2 is 1.73 bits per heavy atom. The fourth-order valence-corrected chi connectivity index (χ4v) is 2.36. The molecule has 5 nitrogen and oxygen atoms in total. The summed E-state index contributed by atoms with van der Waals surface area (Å²) in [6.45, 7) is 1.89. The predicted molar refractivity (Wildman–Crippen MR) is 86.0 cm³/mol. The lowest BCUT2D eigenvalue weighted by Crippen LogP contribution is -2.05. The third kappa shape index (κ3) is 2.69. The zero-order valence-electron chi connectivity index (χ0n) is 11.9.